The molecule has 0 radical (unpaired) electrons. The predicted octanol–water partition coefficient (Wildman–Crippen LogP) is 3.59. The molecule has 0 amide bonds. The normalized spacial score (nSPS) is 10.4. The minimum absolute atomic E-state index is 0.229. The average molecular weight is 291 g/mol. The smallest absolute Gasteiger partial charge is 0.184 e. The molecule has 6 heteroatoms. The zero-order valence-corrected chi connectivity index (χ0v) is 10.00. The topological polar surface area (TPSA) is 25.8 Å². The zero-order valence-electron chi connectivity index (χ0n) is 6.78. The van der Waals surface area contributed by atoms with E-state index in [0.717, 1.165) is 13.2 Å². The van der Waals surface area contributed by atoms with Crippen molar-refractivity contribution in [2.75, 3.05) is 0 Å². The van der Waals surface area contributed by atoms with E-state index in [-0.39, 0.29) is 5.82 Å². The SMILES string of the molecule is Fc1ccc(Sc2nnc(Br)s2)cc1. The first-order valence-electron chi connectivity index (χ1n) is 3.66. The minimum atomic E-state index is -0.229. The van der Waals surface area contributed by atoms with Gasteiger partial charge in [0.2, 0.25) is 0 Å². The second-order valence-corrected chi connectivity index (χ2v) is 5.95. The fourth-order valence-electron chi connectivity index (χ4n) is 0.838. The van der Waals surface area contributed by atoms with E-state index in [0.29, 0.717) is 0 Å². The molecule has 0 N–H and O–H groups in total. The second-order valence-electron chi connectivity index (χ2n) is 2.38. The van der Waals surface area contributed by atoms with Gasteiger partial charge in [-0.3, -0.25) is 0 Å². The molecular weight excluding hydrogens is 287 g/mol. The lowest BCUT2D eigenvalue weighted by Gasteiger charge is -1.95. The first kappa shape index (κ1) is 10.1. The minimum Gasteiger partial charge on any atom is -0.207 e. The van der Waals surface area contributed by atoms with Gasteiger partial charge in [0.1, 0.15) is 5.82 Å². The molecule has 0 aliphatic carbocycles. The molecule has 0 fully saturated rings. The lowest BCUT2D eigenvalue weighted by atomic mass is 10.4. The lowest BCUT2D eigenvalue weighted by Crippen LogP contribution is -1.74. The Morgan fingerprint density at radius 3 is 2.50 bits per heavy atom. The maximum Gasteiger partial charge on any atom is 0.184 e. The third-order valence-electron chi connectivity index (χ3n) is 1.40. The molecule has 2 rings (SSSR count). The summed E-state index contributed by atoms with van der Waals surface area (Å²) in [6.45, 7) is 0. The van der Waals surface area contributed by atoms with Crippen LogP contribution in [0.5, 0.6) is 0 Å². The third kappa shape index (κ3) is 2.52. The summed E-state index contributed by atoms with van der Waals surface area (Å²) in [5, 5.41) is 7.74. The molecule has 0 bridgehead atoms. The van der Waals surface area contributed by atoms with Gasteiger partial charge in [0.25, 0.3) is 0 Å². The van der Waals surface area contributed by atoms with E-state index < -0.39 is 0 Å². The maximum atomic E-state index is 12.6. The summed E-state index contributed by atoms with van der Waals surface area (Å²) in [6, 6.07) is 6.29. The number of aromatic nitrogens is 2. The highest BCUT2D eigenvalue weighted by molar-refractivity contribution is 9.11. The van der Waals surface area contributed by atoms with Crippen LogP contribution in [0, 0.1) is 5.82 Å². The number of rotatable bonds is 2. The second kappa shape index (κ2) is 4.37. The van der Waals surface area contributed by atoms with E-state index in [1.165, 1.54) is 35.2 Å². The largest absolute Gasteiger partial charge is 0.207 e. The summed E-state index contributed by atoms with van der Waals surface area (Å²) in [5.74, 6) is -0.229. The van der Waals surface area contributed by atoms with Crippen molar-refractivity contribution in [2.24, 2.45) is 0 Å². The van der Waals surface area contributed by atoms with Gasteiger partial charge in [-0.2, -0.15) is 0 Å². The summed E-state index contributed by atoms with van der Waals surface area (Å²) >= 11 is 6.14. The fraction of sp³-hybridized carbons (Fsp3) is 0. The molecule has 0 atom stereocenters. The molecule has 2 aromatic rings. The summed E-state index contributed by atoms with van der Waals surface area (Å²) in [6.07, 6.45) is 0. The molecule has 2 nitrogen and oxygen atoms in total. The van der Waals surface area contributed by atoms with Crippen LogP contribution in [0.25, 0.3) is 0 Å². The fourth-order valence-corrected chi connectivity index (χ4v) is 3.25. The Kier molecular flexibility index (Phi) is 3.15. The van der Waals surface area contributed by atoms with Crippen LogP contribution < -0.4 is 0 Å². The molecular formula is C8H4BrFN2S2. The first-order valence-corrected chi connectivity index (χ1v) is 6.09. The Hall–Kier alpha value is -0.460. The van der Waals surface area contributed by atoms with Crippen molar-refractivity contribution in [2.45, 2.75) is 9.24 Å². The Bertz CT molecular complexity index is 429. The zero-order chi connectivity index (χ0) is 9.97. The van der Waals surface area contributed by atoms with Crippen molar-refractivity contribution in [1.82, 2.24) is 10.2 Å². The molecule has 1 aromatic carbocycles. The number of halogens is 2. The van der Waals surface area contributed by atoms with Crippen LogP contribution in [-0.2, 0) is 0 Å². The molecule has 1 heterocycles. The lowest BCUT2D eigenvalue weighted by molar-refractivity contribution is 0.626. The van der Waals surface area contributed by atoms with Crippen molar-refractivity contribution >= 4 is 39.0 Å². The first-order chi connectivity index (χ1) is 6.74. The average Bonchev–Trinajstić information content (AvgIpc) is 2.56. The van der Waals surface area contributed by atoms with Gasteiger partial charge in [0, 0.05) is 4.90 Å². The van der Waals surface area contributed by atoms with Crippen molar-refractivity contribution in [1.29, 1.82) is 0 Å². The van der Waals surface area contributed by atoms with Crippen LogP contribution in [0.2, 0.25) is 0 Å². The van der Waals surface area contributed by atoms with Crippen LogP contribution in [0.3, 0.4) is 0 Å². The van der Waals surface area contributed by atoms with Crippen molar-refractivity contribution in [3.8, 4) is 0 Å². The molecule has 0 unspecified atom stereocenters. The monoisotopic (exact) mass is 290 g/mol. The molecule has 72 valence electrons. The number of benzene rings is 1. The maximum absolute atomic E-state index is 12.6. The van der Waals surface area contributed by atoms with E-state index in [2.05, 4.69) is 26.1 Å². The van der Waals surface area contributed by atoms with E-state index in [1.54, 1.807) is 12.1 Å². The van der Waals surface area contributed by atoms with Crippen molar-refractivity contribution in [3.63, 3.8) is 0 Å². The van der Waals surface area contributed by atoms with Gasteiger partial charge < -0.3 is 0 Å². The van der Waals surface area contributed by atoms with E-state index >= 15 is 0 Å². The van der Waals surface area contributed by atoms with Gasteiger partial charge in [-0.25, -0.2) is 4.39 Å². The van der Waals surface area contributed by atoms with Crippen LogP contribution in [0.1, 0.15) is 0 Å². The summed E-state index contributed by atoms with van der Waals surface area (Å²) < 4.78 is 14.2. The summed E-state index contributed by atoms with van der Waals surface area (Å²) in [7, 11) is 0. The molecule has 0 aliphatic heterocycles. The van der Waals surface area contributed by atoms with Gasteiger partial charge in [-0.15, -0.1) is 10.2 Å². The van der Waals surface area contributed by atoms with Gasteiger partial charge in [-0.1, -0.05) is 23.1 Å². The van der Waals surface area contributed by atoms with Crippen LogP contribution in [0.15, 0.2) is 37.4 Å². The summed E-state index contributed by atoms with van der Waals surface area (Å²) in [4.78, 5) is 0.954. The van der Waals surface area contributed by atoms with Crippen LogP contribution >= 0.6 is 39.0 Å². The molecule has 1 aromatic heterocycles. The van der Waals surface area contributed by atoms with Gasteiger partial charge >= 0.3 is 0 Å². The Morgan fingerprint density at radius 1 is 1.21 bits per heavy atom. The standard InChI is InChI=1S/C8H4BrFN2S2/c9-7-11-12-8(14-7)13-6-3-1-5(10)2-4-6/h1-4H. The molecule has 14 heavy (non-hydrogen) atoms. The Morgan fingerprint density at radius 2 is 1.93 bits per heavy atom. The Labute approximate surface area is 96.7 Å². The third-order valence-corrected chi connectivity index (χ3v) is 3.82. The summed E-state index contributed by atoms with van der Waals surface area (Å²) in [5.41, 5.74) is 0. The molecule has 0 saturated heterocycles. The van der Waals surface area contributed by atoms with Crippen LogP contribution in [0.4, 0.5) is 4.39 Å². The quantitative estimate of drug-likeness (QED) is 0.845. The Balaban J connectivity index is 2.15. The van der Waals surface area contributed by atoms with E-state index in [1.807, 2.05) is 0 Å². The van der Waals surface area contributed by atoms with Crippen molar-refractivity contribution < 1.29 is 4.39 Å². The van der Waals surface area contributed by atoms with Gasteiger partial charge in [0.15, 0.2) is 8.26 Å². The van der Waals surface area contributed by atoms with E-state index in [9.17, 15) is 4.39 Å². The molecule has 0 spiro atoms. The van der Waals surface area contributed by atoms with Gasteiger partial charge in [-0.05, 0) is 40.2 Å². The number of hydrogen-bond acceptors (Lipinski definition) is 4. The highest BCUT2D eigenvalue weighted by Crippen LogP contribution is 2.31. The number of hydrogen-bond donors (Lipinski definition) is 0. The molecule has 0 aliphatic rings. The molecule has 0 saturated carbocycles. The highest BCUT2D eigenvalue weighted by atomic mass is 79.9. The highest BCUT2D eigenvalue weighted by Gasteiger charge is 2.03. The van der Waals surface area contributed by atoms with Crippen LogP contribution in [-0.4, -0.2) is 10.2 Å². The number of nitrogens with zero attached hydrogens (tertiary/aromatic N) is 2. The predicted molar refractivity (Wildman–Crippen MR) is 58.1 cm³/mol. The van der Waals surface area contributed by atoms with Gasteiger partial charge in [0.05, 0.1) is 0 Å². The van der Waals surface area contributed by atoms with E-state index in [4.69, 9.17) is 0 Å². The van der Waals surface area contributed by atoms with Crippen molar-refractivity contribution in [3.05, 3.63) is 34.0 Å².